The maximum absolute atomic E-state index is 13.0. The number of anilines is 1. The average molecular weight is 413 g/mol. The number of aryl methyl sites for hydroxylation is 2. The number of hydrogen-bond acceptors (Lipinski definition) is 5. The lowest BCUT2D eigenvalue weighted by molar-refractivity contribution is 0.0716. The van der Waals surface area contributed by atoms with Crippen LogP contribution in [0.4, 0.5) is 5.69 Å². The van der Waals surface area contributed by atoms with Crippen LogP contribution in [-0.4, -0.2) is 37.5 Å². The maximum atomic E-state index is 13.0. The number of nitrogens with one attached hydrogen (secondary N) is 1. The summed E-state index contributed by atoms with van der Waals surface area (Å²) in [6.07, 6.45) is 3.03. The van der Waals surface area contributed by atoms with E-state index in [4.69, 9.17) is 4.52 Å². The highest BCUT2D eigenvalue weighted by atomic mass is 32.2. The zero-order valence-electron chi connectivity index (χ0n) is 16.4. The highest BCUT2D eigenvalue weighted by Crippen LogP contribution is 2.27. The largest absolute Gasteiger partial charge is 0.355 e. The standard InChI is InChI=1S/C21H23N3O4S/c1-14-7-6-8-15(2)19(14)23-29(26,27)16-9-10-18-17(13-16)20(22-28-18)21(25)24-11-4-3-5-12-24/h6-10,13,23H,3-5,11-12H2,1-2H3. The zero-order valence-corrected chi connectivity index (χ0v) is 17.3. The van der Waals surface area contributed by atoms with E-state index in [1.807, 2.05) is 32.0 Å². The second-order valence-corrected chi connectivity index (χ2v) is 9.10. The number of sulfonamides is 1. The van der Waals surface area contributed by atoms with Crippen molar-refractivity contribution in [3.05, 3.63) is 53.2 Å². The Labute approximate surface area is 169 Å². The number of carbonyl (C=O) groups excluding carboxylic acids is 1. The van der Waals surface area contributed by atoms with Crippen LogP contribution < -0.4 is 4.72 Å². The molecule has 152 valence electrons. The minimum Gasteiger partial charge on any atom is -0.355 e. The first kappa shape index (κ1) is 19.4. The summed E-state index contributed by atoms with van der Waals surface area (Å²) in [7, 11) is -3.84. The first-order valence-electron chi connectivity index (χ1n) is 9.64. The molecule has 0 saturated carbocycles. The Kier molecular flexibility index (Phi) is 5.04. The molecular formula is C21H23N3O4S. The Bertz CT molecular complexity index is 1160. The average Bonchev–Trinajstić information content (AvgIpc) is 3.14. The number of carbonyl (C=O) groups is 1. The van der Waals surface area contributed by atoms with Gasteiger partial charge < -0.3 is 9.42 Å². The van der Waals surface area contributed by atoms with Gasteiger partial charge in [0.1, 0.15) is 0 Å². The molecule has 0 atom stereocenters. The van der Waals surface area contributed by atoms with Crippen molar-refractivity contribution in [3.63, 3.8) is 0 Å². The van der Waals surface area contributed by atoms with Gasteiger partial charge >= 0.3 is 0 Å². The molecule has 3 aromatic rings. The molecule has 0 unspecified atom stereocenters. The highest BCUT2D eigenvalue weighted by Gasteiger charge is 2.25. The van der Waals surface area contributed by atoms with E-state index in [1.54, 1.807) is 4.90 Å². The van der Waals surface area contributed by atoms with Gasteiger partial charge in [0, 0.05) is 13.1 Å². The number of aromatic nitrogens is 1. The lowest BCUT2D eigenvalue weighted by atomic mass is 10.1. The molecule has 1 saturated heterocycles. The molecule has 1 aliphatic heterocycles. The van der Waals surface area contributed by atoms with Gasteiger partial charge in [0.15, 0.2) is 11.3 Å². The van der Waals surface area contributed by atoms with Gasteiger partial charge in [0.05, 0.1) is 16.0 Å². The van der Waals surface area contributed by atoms with E-state index < -0.39 is 10.0 Å². The summed E-state index contributed by atoms with van der Waals surface area (Å²) < 4.78 is 33.9. The molecule has 1 amide bonds. The first-order chi connectivity index (χ1) is 13.9. The number of fused-ring (bicyclic) bond motifs is 1. The molecule has 8 heteroatoms. The van der Waals surface area contributed by atoms with Gasteiger partial charge in [-0.05, 0) is 62.4 Å². The molecule has 1 N–H and O–H groups in total. The number of piperidine rings is 1. The third-order valence-corrected chi connectivity index (χ3v) is 6.66. The van der Waals surface area contributed by atoms with E-state index in [0.717, 1.165) is 30.4 Å². The number of amides is 1. The molecule has 2 aromatic carbocycles. The van der Waals surface area contributed by atoms with E-state index in [2.05, 4.69) is 9.88 Å². The van der Waals surface area contributed by atoms with Crippen LogP contribution in [0.5, 0.6) is 0 Å². The van der Waals surface area contributed by atoms with Gasteiger partial charge in [-0.15, -0.1) is 0 Å². The number of benzene rings is 2. The normalized spacial score (nSPS) is 14.9. The predicted molar refractivity (Wildman–Crippen MR) is 110 cm³/mol. The molecule has 1 aromatic heterocycles. The number of nitrogens with zero attached hydrogens (tertiary/aromatic N) is 2. The molecule has 0 spiro atoms. The lowest BCUT2D eigenvalue weighted by Gasteiger charge is -2.25. The molecule has 29 heavy (non-hydrogen) atoms. The minimum absolute atomic E-state index is 0.0588. The van der Waals surface area contributed by atoms with E-state index in [-0.39, 0.29) is 16.5 Å². The zero-order chi connectivity index (χ0) is 20.6. The third kappa shape index (κ3) is 3.72. The summed E-state index contributed by atoms with van der Waals surface area (Å²) in [5.74, 6) is -0.222. The molecule has 1 aliphatic rings. The fourth-order valence-electron chi connectivity index (χ4n) is 3.65. The Hall–Kier alpha value is -2.87. The molecule has 0 aliphatic carbocycles. The van der Waals surface area contributed by atoms with E-state index in [9.17, 15) is 13.2 Å². The van der Waals surface area contributed by atoms with E-state index in [0.29, 0.717) is 29.7 Å². The second kappa shape index (κ2) is 7.51. The maximum Gasteiger partial charge on any atom is 0.276 e. The topological polar surface area (TPSA) is 92.5 Å². The SMILES string of the molecule is Cc1cccc(C)c1NS(=O)(=O)c1ccc2onc(C(=O)N3CCCCC3)c2c1. The van der Waals surface area contributed by atoms with Crippen LogP contribution in [0.3, 0.4) is 0 Å². The summed E-state index contributed by atoms with van der Waals surface area (Å²) in [4.78, 5) is 14.7. The summed E-state index contributed by atoms with van der Waals surface area (Å²) in [6.45, 7) is 5.06. The summed E-state index contributed by atoms with van der Waals surface area (Å²) in [5, 5.41) is 4.33. The molecule has 1 fully saturated rings. The van der Waals surface area contributed by atoms with Crippen molar-refractivity contribution in [3.8, 4) is 0 Å². The van der Waals surface area contributed by atoms with Crippen molar-refractivity contribution < 1.29 is 17.7 Å². The predicted octanol–water partition coefficient (Wildman–Crippen LogP) is 3.87. The van der Waals surface area contributed by atoms with E-state index in [1.165, 1.54) is 18.2 Å². The van der Waals surface area contributed by atoms with Crippen molar-refractivity contribution in [2.75, 3.05) is 17.8 Å². The Morgan fingerprint density at radius 2 is 1.76 bits per heavy atom. The molecule has 0 bridgehead atoms. The van der Waals surface area contributed by atoms with Gasteiger partial charge in [-0.3, -0.25) is 9.52 Å². The summed E-state index contributed by atoms with van der Waals surface area (Å²) >= 11 is 0. The van der Waals surface area contributed by atoms with Gasteiger partial charge in [0.2, 0.25) is 0 Å². The van der Waals surface area contributed by atoms with Crippen LogP contribution >= 0.6 is 0 Å². The van der Waals surface area contributed by atoms with Gasteiger partial charge in [-0.25, -0.2) is 8.42 Å². The van der Waals surface area contributed by atoms with Gasteiger partial charge in [0.25, 0.3) is 15.9 Å². The molecular weight excluding hydrogens is 390 g/mol. The van der Waals surface area contributed by atoms with Gasteiger partial charge in [-0.1, -0.05) is 23.4 Å². The fraction of sp³-hybridized carbons (Fsp3) is 0.333. The minimum atomic E-state index is -3.84. The Morgan fingerprint density at radius 1 is 1.07 bits per heavy atom. The van der Waals surface area contributed by atoms with Crippen LogP contribution in [-0.2, 0) is 10.0 Å². The smallest absolute Gasteiger partial charge is 0.276 e. The Morgan fingerprint density at radius 3 is 2.45 bits per heavy atom. The molecule has 4 rings (SSSR count). The van der Waals surface area contributed by atoms with Crippen LogP contribution in [0.15, 0.2) is 45.8 Å². The quantitative estimate of drug-likeness (QED) is 0.701. The lowest BCUT2D eigenvalue weighted by Crippen LogP contribution is -2.35. The van der Waals surface area contributed by atoms with Crippen molar-refractivity contribution in [2.45, 2.75) is 38.0 Å². The number of hydrogen-bond donors (Lipinski definition) is 1. The van der Waals surface area contributed by atoms with Crippen molar-refractivity contribution in [2.24, 2.45) is 0 Å². The monoisotopic (exact) mass is 413 g/mol. The number of rotatable bonds is 4. The van der Waals surface area contributed by atoms with Crippen LogP contribution in [0, 0.1) is 13.8 Å². The summed E-state index contributed by atoms with van der Waals surface area (Å²) in [5.41, 5.74) is 2.77. The summed E-state index contributed by atoms with van der Waals surface area (Å²) in [6, 6.07) is 10.0. The fourth-order valence-corrected chi connectivity index (χ4v) is 4.88. The number of likely N-dealkylation sites (tertiary alicyclic amines) is 1. The third-order valence-electron chi connectivity index (χ3n) is 5.32. The van der Waals surface area contributed by atoms with Crippen LogP contribution in [0.25, 0.3) is 11.0 Å². The molecule has 0 radical (unpaired) electrons. The number of para-hydroxylation sites is 1. The van der Waals surface area contributed by atoms with Crippen molar-refractivity contribution in [1.29, 1.82) is 0 Å². The van der Waals surface area contributed by atoms with E-state index >= 15 is 0 Å². The van der Waals surface area contributed by atoms with Crippen molar-refractivity contribution in [1.82, 2.24) is 10.1 Å². The van der Waals surface area contributed by atoms with Crippen LogP contribution in [0.1, 0.15) is 40.9 Å². The van der Waals surface area contributed by atoms with Gasteiger partial charge in [-0.2, -0.15) is 0 Å². The Balaban J connectivity index is 1.70. The van der Waals surface area contributed by atoms with Crippen molar-refractivity contribution >= 4 is 32.6 Å². The molecule has 2 heterocycles. The van der Waals surface area contributed by atoms with Crippen LogP contribution in [0.2, 0.25) is 0 Å². The second-order valence-electron chi connectivity index (χ2n) is 7.41. The first-order valence-corrected chi connectivity index (χ1v) is 11.1. The molecule has 7 nitrogen and oxygen atoms in total. The highest BCUT2D eigenvalue weighted by molar-refractivity contribution is 7.92.